The van der Waals surface area contributed by atoms with Crippen molar-refractivity contribution >= 4 is 23.5 Å². The molecule has 142 valence electrons. The zero-order chi connectivity index (χ0) is 19.3. The lowest BCUT2D eigenvalue weighted by molar-refractivity contribution is -0.117. The van der Waals surface area contributed by atoms with E-state index in [9.17, 15) is 4.79 Å². The van der Waals surface area contributed by atoms with Crippen LogP contribution in [0.1, 0.15) is 41.7 Å². The minimum Gasteiger partial charge on any atom is -0.469 e. The van der Waals surface area contributed by atoms with Crippen LogP contribution in [-0.4, -0.2) is 26.8 Å². The average molecular weight is 392 g/mol. The highest BCUT2D eigenvalue weighted by Crippen LogP contribution is 2.44. The van der Waals surface area contributed by atoms with Crippen LogP contribution in [0, 0.1) is 6.92 Å². The summed E-state index contributed by atoms with van der Waals surface area (Å²) >= 11 is 1.49. The number of thioether (sulfide) groups is 1. The fourth-order valence-corrected chi connectivity index (χ4v) is 4.41. The van der Waals surface area contributed by atoms with Crippen molar-refractivity contribution in [1.29, 1.82) is 0 Å². The van der Waals surface area contributed by atoms with Gasteiger partial charge in [0.15, 0.2) is 5.78 Å². The van der Waals surface area contributed by atoms with Gasteiger partial charge in [0.05, 0.1) is 6.26 Å². The number of hydrogen-bond donors (Lipinski definition) is 1. The number of carbonyl (C=O) groups excluding carboxylic acids is 1. The Morgan fingerprint density at radius 3 is 2.75 bits per heavy atom. The first-order valence-corrected chi connectivity index (χ1v) is 10.5. The highest BCUT2D eigenvalue weighted by atomic mass is 32.2. The SMILES string of the molecule is CSc1nc2n(n1)[C@@H](c1ccc(C)cc1)C1=C(C[C@@H](c3ccco3)CC1=O)N2. The number of carbonyl (C=O) groups is 1. The molecule has 0 fully saturated rings. The van der Waals surface area contributed by atoms with Gasteiger partial charge in [0.1, 0.15) is 11.8 Å². The molecular formula is C21H20N4O2S. The van der Waals surface area contributed by atoms with Gasteiger partial charge in [-0.05, 0) is 37.3 Å². The van der Waals surface area contributed by atoms with E-state index in [0.717, 1.165) is 29.0 Å². The maximum atomic E-state index is 13.3. The molecule has 0 amide bonds. The topological polar surface area (TPSA) is 73.0 Å². The summed E-state index contributed by atoms with van der Waals surface area (Å²) in [7, 11) is 0. The molecule has 2 aromatic heterocycles. The monoisotopic (exact) mass is 392 g/mol. The standard InChI is InChI=1S/C21H20N4O2S/c1-12-5-7-13(8-6-12)19-18-15(22-20-23-21(28-2)24-25(19)20)10-14(11-16(18)26)17-4-3-9-27-17/h3-9,14,19H,10-11H2,1-2H3,(H,22,23,24)/t14-,19+/m1/s1. The molecule has 1 N–H and O–H groups in total. The second-order valence-corrected chi connectivity index (χ2v) is 8.01. The lowest BCUT2D eigenvalue weighted by Crippen LogP contribution is -2.33. The first-order valence-electron chi connectivity index (χ1n) is 9.28. The number of Topliss-reactive ketones (excluding diaryl/α,β-unsaturated/α-hetero) is 1. The molecule has 1 aliphatic heterocycles. The Bertz CT molecular complexity index is 1070. The van der Waals surface area contributed by atoms with Gasteiger partial charge in [-0.15, -0.1) is 5.10 Å². The number of aryl methyl sites for hydroxylation is 1. The van der Waals surface area contributed by atoms with Gasteiger partial charge in [-0.2, -0.15) is 4.98 Å². The van der Waals surface area contributed by atoms with Gasteiger partial charge in [0, 0.05) is 23.6 Å². The van der Waals surface area contributed by atoms with Crippen molar-refractivity contribution in [1.82, 2.24) is 14.8 Å². The first-order chi connectivity index (χ1) is 13.6. The summed E-state index contributed by atoms with van der Waals surface area (Å²) in [5.41, 5.74) is 3.94. The van der Waals surface area contributed by atoms with E-state index in [2.05, 4.69) is 46.6 Å². The van der Waals surface area contributed by atoms with Crippen LogP contribution in [0.2, 0.25) is 0 Å². The molecule has 3 aromatic rings. The number of allylic oxidation sites excluding steroid dienone is 2. The Balaban J connectivity index is 1.63. The van der Waals surface area contributed by atoms with E-state index in [1.165, 1.54) is 17.3 Å². The van der Waals surface area contributed by atoms with Crippen molar-refractivity contribution in [3.05, 3.63) is 70.8 Å². The first kappa shape index (κ1) is 17.3. The molecule has 2 aliphatic rings. The Morgan fingerprint density at radius 2 is 2.04 bits per heavy atom. The summed E-state index contributed by atoms with van der Waals surface area (Å²) in [5, 5.41) is 8.71. The van der Waals surface area contributed by atoms with Gasteiger partial charge in [0.2, 0.25) is 11.1 Å². The highest BCUT2D eigenvalue weighted by molar-refractivity contribution is 7.98. The number of aromatic nitrogens is 3. The minimum atomic E-state index is -0.259. The van der Waals surface area contributed by atoms with Crippen LogP contribution in [0.5, 0.6) is 0 Å². The Hall–Kier alpha value is -2.80. The maximum absolute atomic E-state index is 13.3. The molecule has 6 nitrogen and oxygen atoms in total. The van der Waals surface area contributed by atoms with Crippen LogP contribution < -0.4 is 5.32 Å². The van der Waals surface area contributed by atoms with Crippen LogP contribution in [0.25, 0.3) is 0 Å². The van der Waals surface area contributed by atoms with Crippen LogP contribution in [0.4, 0.5) is 5.95 Å². The van der Waals surface area contributed by atoms with Crippen molar-refractivity contribution in [3.8, 4) is 0 Å². The normalized spacial score (nSPS) is 21.3. The number of benzene rings is 1. The number of hydrogen-bond acceptors (Lipinski definition) is 6. The van der Waals surface area contributed by atoms with Crippen LogP contribution >= 0.6 is 11.8 Å². The molecule has 28 heavy (non-hydrogen) atoms. The smallest absolute Gasteiger partial charge is 0.227 e. The Morgan fingerprint density at radius 1 is 1.21 bits per heavy atom. The van der Waals surface area contributed by atoms with Gasteiger partial charge in [-0.25, -0.2) is 4.68 Å². The number of fused-ring (bicyclic) bond motifs is 1. The van der Waals surface area contributed by atoms with Crippen LogP contribution in [0.3, 0.4) is 0 Å². The van der Waals surface area contributed by atoms with Crippen molar-refractivity contribution in [3.63, 3.8) is 0 Å². The number of nitrogens with one attached hydrogen (secondary N) is 1. The summed E-state index contributed by atoms with van der Waals surface area (Å²) in [5.74, 6) is 1.71. The Labute approximate surface area is 167 Å². The molecule has 1 aromatic carbocycles. The molecule has 0 bridgehead atoms. The number of furan rings is 1. The van der Waals surface area contributed by atoms with E-state index in [1.807, 2.05) is 23.1 Å². The van der Waals surface area contributed by atoms with Crippen molar-refractivity contribution in [2.75, 3.05) is 11.6 Å². The van der Waals surface area contributed by atoms with Gasteiger partial charge < -0.3 is 9.73 Å². The molecule has 2 atom stereocenters. The van der Waals surface area contributed by atoms with Gasteiger partial charge in [-0.1, -0.05) is 41.6 Å². The Kier molecular flexibility index (Phi) is 4.12. The van der Waals surface area contributed by atoms with E-state index in [-0.39, 0.29) is 17.7 Å². The second-order valence-electron chi connectivity index (χ2n) is 7.24. The van der Waals surface area contributed by atoms with E-state index >= 15 is 0 Å². The molecule has 1 aliphatic carbocycles. The summed E-state index contributed by atoms with van der Waals surface area (Å²) in [6.07, 6.45) is 4.77. The number of rotatable bonds is 3. The lowest BCUT2D eigenvalue weighted by Gasteiger charge is -2.34. The van der Waals surface area contributed by atoms with Crippen LogP contribution in [-0.2, 0) is 4.79 Å². The zero-order valence-corrected chi connectivity index (χ0v) is 16.5. The molecule has 0 radical (unpaired) electrons. The average Bonchev–Trinajstić information content (AvgIpc) is 3.36. The van der Waals surface area contributed by atoms with E-state index < -0.39 is 0 Å². The summed E-state index contributed by atoms with van der Waals surface area (Å²) < 4.78 is 7.43. The highest BCUT2D eigenvalue weighted by Gasteiger charge is 2.40. The van der Waals surface area contributed by atoms with E-state index in [4.69, 9.17) is 4.42 Å². The quantitative estimate of drug-likeness (QED) is 0.670. The lowest BCUT2D eigenvalue weighted by atomic mass is 9.79. The van der Waals surface area contributed by atoms with Crippen LogP contribution in [0.15, 0.2) is 63.5 Å². The molecule has 5 rings (SSSR count). The van der Waals surface area contributed by atoms with Crippen molar-refractivity contribution < 1.29 is 9.21 Å². The predicted octanol–water partition coefficient (Wildman–Crippen LogP) is 4.32. The zero-order valence-electron chi connectivity index (χ0n) is 15.7. The third-order valence-corrected chi connectivity index (χ3v) is 5.96. The third-order valence-electron chi connectivity index (χ3n) is 5.42. The minimum absolute atomic E-state index is 0.0434. The molecule has 3 heterocycles. The van der Waals surface area contributed by atoms with Crippen molar-refractivity contribution in [2.24, 2.45) is 0 Å². The molecule has 0 saturated carbocycles. The molecule has 0 unspecified atom stereocenters. The summed E-state index contributed by atoms with van der Waals surface area (Å²) in [6.45, 7) is 2.06. The molecular weight excluding hydrogens is 372 g/mol. The number of nitrogens with zero attached hydrogens (tertiary/aromatic N) is 3. The largest absolute Gasteiger partial charge is 0.469 e. The molecule has 7 heteroatoms. The molecule has 0 saturated heterocycles. The van der Waals surface area contributed by atoms with Gasteiger partial charge >= 0.3 is 0 Å². The van der Waals surface area contributed by atoms with Gasteiger partial charge in [-0.3, -0.25) is 4.79 Å². The number of ketones is 1. The van der Waals surface area contributed by atoms with Crippen molar-refractivity contribution in [2.45, 2.75) is 36.9 Å². The summed E-state index contributed by atoms with van der Waals surface area (Å²) in [4.78, 5) is 17.9. The number of anilines is 1. The predicted molar refractivity (Wildman–Crippen MR) is 107 cm³/mol. The fraction of sp³-hybridized carbons (Fsp3) is 0.286. The van der Waals surface area contributed by atoms with E-state index in [1.54, 1.807) is 6.26 Å². The molecule has 0 spiro atoms. The third kappa shape index (κ3) is 2.77. The maximum Gasteiger partial charge on any atom is 0.227 e. The van der Waals surface area contributed by atoms with Gasteiger partial charge in [0.25, 0.3) is 0 Å². The second kappa shape index (κ2) is 6.67. The fourth-order valence-electron chi connectivity index (χ4n) is 4.06. The summed E-state index contributed by atoms with van der Waals surface area (Å²) in [6, 6.07) is 11.8. The van der Waals surface area contributed by atoms with E-state index in [0.29, 0.717) is 17.5 Å².